The molecular weight excluding hydrogens is 237 g/mol. The van der Waals surface area contributed by atoms with Crippen LogP contribution < -0.4 is 11.1 Å². The number of nitrogens with two attached hydrogens (primary N) is 1. The fourth-order valence-electron chi connectivity index (χ4n) is 1.14. The van der Waals surface area contributed by atoms with Crippen molar-refractivity contribution in [3.63, 3.8) is 0 Å². The Bertz CT molecular complexity index is 393. The van der Waals surface area contributed by atoms with Crippen LogP contribution in [0.2, 0.25) is 0 Å². The highest BCUT2D eigenvalue weighted by Crippen LogP contribution is 2.34. The van der Waals surface area contributed by atoms with Gasteiger partial charge in [0.25, 0.3) is 0 Å². The van der Waals surface area contributed by atoms with Crippen LogP contribution in [-0.4, -0.2) is 19.2 Å². The lowest BCUT2D eigenvalue weighted by Gasteiger charge is -2.13. The molecule has 17 heavy (non-hydrogen) atoms. The van der Waals surface area contributed by atoms with Gasteiger partial charge in [0.15, 0.2) is 0 Å². The molecular formula is C10H11F3N2O2. The number of para-hydroxylation sites is 1. The van der Waals surface area contributed by atoms with Crippen molar-refractivity contribution in [1.29, 1.82) is 0 Å². The second-order valence-corrected chi connectivity index (χ2v) is 3.09. The van der Waals surface area contributed by atoms with Gasteiger partial charge in [-0.2, -0.15) is 13.2 Å². The van der Waals surface area contributed by atoms with Crippen LogP contribution in [0.4, 0.5) is 23.7 Å². The number of nitrogens with one attached hydrogen (secondary N) is 1. The molecule has 1 aromatic carbocycles. The predicted molar refractivity (Wildman–Crippen MR) is 55.5 cm³/mol. The van der Waals surface area contributed by atoms with E-state index < -0.39 is 17.8 Å². The fourth-order valence-corrected chi connectivity index (χ4v) is 1.14. The summed E-state index contributed by atoms with van der Waals surface area (Å²) in [5.41, 5.74) is 3.81. The number of rotatable bonds is 3. The Labute approximate surface area is 95.6 Å². The fraction of sp³-hybridized carbons (Fsp3) is 0.300. The van der Waals surface area contributed by atoms with Crippen molar-refractivity contribution in [3.05, 3.63) is 29.8 Å². The van der Waals surface area contributed by atoms with Crippen molar-refractivity contribution in [2.24, 2.45) is 5.73 Å². The molecule has 0 spiro atoms. The summed E-state index contributed by atoms with van der Waals surface area (Å²) >= 11 is 0. The first kappa shape index (κ1) is 13.3. The van der Waals surface area contributed by atoms with Gasteiger partial charge in [-0.1, -0.05) is 12.1 Å². The molecule has 1 rings (SSSR count). The molecule has 0 radical (unpaired) electrons. The average molecular weight is 248 g/mol. The topological polar surface area (TPSA) is 64.3 Å². The lowest BCUT2D eigenvalue weighted by molar-refractivity contribution is -0.136. The van der Waals surface area contributed by atoms with Crippen LogP contribution >= 0.6 is 0 Å². The summed E-state index contributed by atoms with van der Waals surface area (Å²) in [5.74, 6) is 0. The molecule has 0 heterocycles. The first-order valence-corrected chi connectivity index (χ1v) is 4.75. The number of amides is 1. The monoisotopic (exact) mass is 248 g/mol. The van der Waals surface area contributed by atoms with Gasteiger partial charge in [0.2, 0.25) is 0 Å². The van der Waals surface area contributed by atoms with E-state index >= 15 is 0 Å². The van der Waals surface area contributed by atoms with Crippen molar-refractivity contribution >= 4 is 11.8 Å². The second-order valence-electron chi connectivity index (χ2n) is 3.09. The Morgan fingerprint density at radius 3 is 2.59 bits per heavy atom. The Kier molecular flexibility index (Phi) is 4.33. The van der Waals surface area contributed by atoms with Crippen molar-refractivity contribution in [2.45, 2.75) is 6.18 Å². The van der Waals surface area contributed by atoms with E-state index in [1.54, 1.807) is 0 Å². The Balaban J connectivity index is 2.81. The molecule has 0 saturated carbocycles. The smallest absolute Gasteiger partial charge is 0.418 e. The second kappa shape index (κ2) is 5.53. The summed E-state index contributed by atoms with van der Waals surface area (Å²) in [6, 6.07) is 4.64. The molecule has 0 fully saturated rings. The number of hydrogen-bond donors (Lipinski definition) is 2. The number of alkyl halides is 3. The van der Waals surface area contributed by atoms with E-state index in [0.717, 1.165) is 12.1 Å². The summed E-state index contributed by atoms with van der Waals surface area (Å²) in [6.45, 7) is 0.0500. The van der Waals surface area contributed by atoms with Gasteiger partial charge < -0.3 is 10.5 Å². The van der Waals surface area contributed by atoms with Gasteiger partial charge in [0.1, 0.15) is 6.61 Å². The first-order chi connectivity index (χ1) is 7.95. The molecule has 7 heteroatoms. The number of anilines is 1. The minimum Gasteiger partial charge on any atom is -0.448 e. The standard InChI is InChI=1S/C10H11F3N2O2/c11-10(12,13)7-3-1-2-4-8(7)15-9(16)17-6-5-14/h1-4H,5-6,14H2,(H,15,16). The van der Waals surface area contributed by atoms with Gasteiger partial charge in [0.05, 0.1) is 11.3 Å². The minimum absolute atomic E-state index is 0.0555. The molecule has 0 saturated heterocycles. The van der Waals surface area contributed by atoms with Gasteiger partial charge in [0, 0.05) is 6.54 Å². The maximum atomic E-state index is 12.5. The van der Waals surface area contributed by atoms with Crippen LogP contribution in [0.5, 0.6) is 0 Å². The molecule has 3 N–H and O–H groups in total. The summed E-state index contributed by atoms with van der Waals surface area (Å²) < 4.78 is 42.1. The molecule has 0 aromatic heterocycles. The van der Waals surface area contributed by atoms with Crippen LogP contribution in [-0.2, 0) is 10.9 Å². The quantitative estimate of drug-likeness (QED) is 0.861. The SMILES string of the molecule is NCCOC(=O)Nc1ccccc1C(F)(F)F. The molecule has 0 atom stereocenters. The molecule has 4 nitrogen and oxygen atoms in total. The molecule has 0 unspecified atom stereocenters. The number of ether oxygens (including phenoxy) is 1. The zero-order valence-corrected chi connectivity index (χ0v) is 8.75. The van der Waals surface area contributed by atoms with Gasteiger partial charge in [-0.15, -0.1) is 0 Å². The maximum Gasteiger partial charge on any atom is 0.418 e. The number of hydrogen-bond acceptors (Lipinski definition) is 3. The van der Waals surface area contributed by atoms with E-state index in [4.69, 9.17) is 5.73 Å². The van der Waals surface area contributed by atoms with Crippen LogP contribution in [0.25, 0.3) is 0 Å². The van der Waals surface area contributed by atoms with E-state index in [9.17, 15) is 18.0 Å². The van der Waals surface area contributed by atoms with Crippen LogP contribution in [0.1, 0.15) is 5.56 Å². The number of carbonyl (C=O) groups is 1. The Hall–Kier alpha value is -1.76. The molecule has 0 aliphatic rings. The summed E-state index contributed by atoms with van der Waals surface area (Å²) in [4.78, 5) is 11.1. The number of halogens is 3. The molecule has 0 aliphatic carbocycles. The largest absolute Gasteiger partial charge is 0.448 e. The number of benzene rings is 1. The zero-order chi connectivity index (χ0) is 12.9. The molecule has 1 aromatic rings. The Morgan fingerprint density at radius 2 is 2.00 bits per heavy atom. The molecule has 94 valence electrons. The van der Waals surface area contributed by atoms with Crippen molar-refractivity contribution in [3.8, 4) is 0 Å². The zero-order valence-electron chi connectivity index (χ0n) is 8.75. The highest BCUT2D eigenvalue weighted by Gasteiger charge is 2.33. The van der Waals surface area contributed by atoms with Crippen LogP contribution in [0.15, 0.2) is 24.3 Å². The van der Waals surface area contributed by atoms with Gasteiger partial charge in [-0.3, -0.25) is 5.32 Å². The summed E-state index contributed by atoms with van der Waals surface area (Å²) in [7, 11) is 0. The van der Waals surface area contributed by atoms with Crippen molar-refractivity contribution in [2.75, 3.05) is 18.5 Å². The normalized spacial score (nSPS) is 11.1. The minimum atomic E-state index is -4.53. The van der Waals surface area contributed by atoms with Gasteiger partial charge in [-0.25, -0.2) is 4.79 Å². The lowest BCUT2D eigenvalue weighted by Crippen LogP contribution is -2.20. The molecule has 1 amide bonds. The number of carbonyl (C=O) groups excluding carboxylic acids is 1. The van der Waals surface area contributed by atoms with Crippen LogP contribution in [0.3, 0.4) is 0 Å². The van der Waals surface area contributed by atoms with Gasteiger partial charge in [-0.05, 0) is 12.1 Å². The third-order valence-electron chi connectivity index (χ3n) is 1.82. The Morgan fingerprint density at radius 1 is 1.35 bits per heavy atom. The van der Waals surface area contributed by atoms with Crippen LogP contribution in [0, 0.1) is 0 Å². The summed E-state index contributed by atoms with van der Waals surface area (Å²) in [5, 5.41) is 2.02. The highest BCUT2D eigenvalue weighted by molar-refractivity contribution is 5.85. The third kappa shape index (κ3) is 3.95. The van der Waals surface area contributed by atoms with E-state index in [1.165, 1.54) is 12.1 Å². The third-order valence-corrected chi connectivity index (χ3v) is 1.82. The first-order valence-electron chi connectivity index (χ1n) is 4.75. The highest BCUT2D eigenvalue weighted by atomic mass is 19.4. The average Bonchev–Trinajstić information content (AvgIpc) is 2.25. The maximum absolute atomic E-state index is 12.5. The van der Waals surface area contributed by atoms with E-state index in [-0.39, 0.29) is 18.8 Å². The van der Waals surface area contributed by atoms with E-state index in [2.05, 4.69) is 4.74 Å². The van der Waals surface area contributed by atoms with Crippen molar-refractivity contribution in [1.82, 2.24) is 0 Å². The van der Waals surface area contributed by atoms with E-state index in [0.29, 0.717) is 0 Å². The van der Waals surface area contributed by atoms with E-state index in [1.807, 2.05) is 5.32 Å². The summed E-state index contributed by atoms with van der Waals surface area (Å²) in [6.07, 6.45) is -5.50. The molecule has 0 bridgehead atoms. The molecule has 0 aliphatic heterocycles. The van der Waals surface area contributed by atoms with Gasteiger partial charge >= 0.3 is 12.3 Å². The lowest BCUT2D eigenvalue weighted by atomic mass is 10.2. The van der Waals surface area contributed by atoms with Crippen molar-refractivity contribution < 1.29 is 22.7 Å². The predicted octanol–water partition coefficient (Wildman–Crippen LogP) is 2.21.